The molecule has 1 aromatic carbocycles. The van der Waals surface area contributed by atoms with Gasteiger partial charge in [-0.1, -0.05) is 30.3 Å². The number of fused-ring (bicyclic) bond motifs is 2. The first-order valence-electron chi connectivity index (χ1n) is 8.97. The largest absolute Gasteiger partial charge is 0.371 e. The van der Waals surface area contributed by atoms with Gasteiger partial charge in [0.05, 0.1) is 18.1 Å². The van der Waals surface area contributed by atoms with Crippen LogP contribution in [0.1, 0.15) is 24.8 Å². The number of carbonyl (C=O) groups is 1. The highest BCUT2D eigenvalue weighted by Crippen LogP contribution is 2.33. The molecule has 2 saturated heterocycles. The molecule has 3 atom stereocenters. The van der Waals surface area contributed by atoms with Crippen molar-refractivity contribution in [2.24, 2.45) is 11.8 Å². The zero-order chi connectivity index (χ0) is 15.6. The number of likely N-dealkylation sites (tertiary alicyclic amines) is 1. The van der Waals surface area contributed by atoms with Gasteiger partial charge in [0.1, 0.15) is 0 Å². The highest BCUT2D eigenvalue weighted by atomic mass is 16.5. The number of benzene rings is 1. The summed E-state index contributed by atoms with van der Waals surface area (Å²) in [6.45, 7) is 3.78. The number of nitrogens with one attached hydrogen (secondary N) is 1. The van der Waals surface area contributed by atoms with E-state index in [1.54, 1.807) is 0 Å². The second-order valence-corrected chi connectivity index (χ2v) is 7.32. The number of morpholine rings is 1. The minimum Gasteiger partial charge on any atom is -0.371 e. The van der Waals surface area contributed by atoms with E-state index in [1.807, 2.05) is 0 Å². The summed E-state index contributed by atoms with van der Waals surface area (Å²) in [4.78, 5) is 14.9. The number of hydrogen-bond donors (Lipinski definition) is 1. The molecule has 1 saturated carbocycles. The Morgan fingerprint density at radius 2 is 2.04 bits per heavy atom. The van der Waals surface area contributed by atoms with E-state index >= 15 is 0 Å². The zero-order valence-electron chi connectivity index (χ0n) is 13.6. The first-order valence-corrected chi connectivity index (χ1v) is 8.97. The minimum absolute atomic E-state index is 0.0560. The van der Waals surface area contributed by atoms with E-state index in [2.05, 4.69) is 40.5 Å². The summed E-state index contributed by atoms with van der Waals surface area (Å²) in [5.41, 5.74) is 1.38. The Kier molecular flexibility index (Phi) is 4.36. The predicted octanol–water partition coefficient (Wildman–Crippen LogP) is 1.84. The van der Waals surface area contributed by atoms with E-state index in [0.717, 1.165) is 44.9 Å². The maximum Gasteiger partial charge on any atom is 0.225 e. The van der Waals surface area contributed by atoms with Gasteiger partial charge in [-0.3, -0.25) is 9.69 Å². The van der Waals surface area contributed by atoms with E-state index in [9.17, 15) is 4.79 Å². The van der Waals surface area contributed by atoms with Crippen LogP contribution in [0.3, 0.4) is 0 Å². The number of carbonyl (C=O) groups excluding carboxylic acids is 1. The average molecular weight is 314 g/mol. The molecule has 3 aliphatic rings. The molecule has 3 fully saturated rings. The highest BCUT2D eigenvalue weighted by molar-refractivity contribution is 5.79. The van der Waals surface area contributed by atoms with Gasteiger partial charge >= 0.3 is 0 Å². The van der Waals surface area contributed by atoms with Gasteiger partial charge in [-0.25, -0.2) is 0 Å². The third-order valence-corrected chi connectivity index (χ3v) is 5.39. The van der Waals surface area contributed by atoms with Gasteiger partial charge in [0.15, 0.2) is 0 Å². The van der Waals surface area contributed by atoms with Crippen LogP contribution in [0.4, 0.5) is 0 Å². The molecule has 1 aromatic rings. The van der Waals surface area contributed by atoms with Gasteiger partial charge in [0.25, 0.3) is 0 Å². The van der Waals surface area contributed by atoms with Crippen molar-refractivity contribution in [2.45, 2.75) is 37.9 Å². The molecule has 1 amide bonds. The molecule has 1 aliphatic carbocycles. The molecule has 0 aromatic heterocycles. The van der Waals surface area contributed by atoms with Crippen molar-refractivity contribution in [3.05, 3.63) is 35.9 Å². The third-order valence-electron chi connectivity index (χ3n) is 5.39. The van der Waals surface area contributed by atoms with Crippen molar-refractivity contribution in [3.8, 4) is 0 Å². The van der Waals surface area contributed by atoms with Crippen molar-refractivity contribution in [1.29, 1.82) is 0 Å². The molecule has 23 heavy (non-hydrogen) atoms. The van der Waals surface area contributed by atoms with Crippen LogP contribution in [-0.4, -0.2) is 49.2 Å². The topological polar surface area (TPSA) is 41.6 Å². The highest BCUT2D eigenvalue weighted by Gasteiger charge is 2.44. The van der Waals surface area contributed by atoms with Gasteiger partial charge in [0.2, 0.25) is 5.91 Å². The minimum atomic E-state index is 0.0560. The van der Waals surface area contributed by atoms with Gasteiger partial charge in [-0.05, 0) is 37.2 Å². The average Bonchev–Trinajstić information content (AvgIpc) is 3.36. The maximum atomic E-state index is 12.4. The summed E-state index contributed by atoms with van der Waals surface area (Å²) in [6.07, 6.45) is 4.84. The normalized spacial score (nSPS) is 30.3. The van der Waals surface area contributed by atoms with Crippen LogP contribution in [0.25, 0.3) is 0 Å². The van der Waals surface area contributed by atoms with Crippen molar-refractivity contribution in [1.82, 2.24) is 10.2 Å². The summed E-state index contributed by atoms with van der Waals surface area (Å²) in [5, 5.41) is 3.13. The van der Waals surface area contributed by atoms with Gasteiger partial charge in [-0.2, -0.15) is 0 Å². The standard InChI is InChI=1S/C19H26N2O2/c22-19(20-11-15-6-7-15)17-10-16-12-21(13-18(17)23-16)9-8-14-4-2-1-3-5-14/h1-5,15-18H,6-13H2,(H,20,22)/t16-,17+,18+/m0/s1. The number of ether oxygens (including phenoxy) is 1. The lowest BCUT2D eigenvalue weighted by Crippen LogP contribution is -2.46. The summed E-state index contributed by atoms with van der Waals surface area (Å²) in [6, 6.07) is 10.6. The van der Waals surface area contributed by atoms with E-state index in [0.29, 0.717) is 0 Å². The zero-order valence-corrected chi connectivity index (χ0v) is 13.6. The first-order chi connectivity index (χ1) is 11.3. The lowest BCUT2D eigenvalue weighted by Gasteiger charge is -2.32. The quantitative estimate of drug-likeness (QED) is 0.871. The molecule has 0 unspecified atom stereocenters. The van der Waals surface area contributed by atoms with E-state index in [4.69, 9.17) is 4.74 Å². The number of hydrogen-bond acceptors (Lipinski definition) is 3. The number of rotatable bonds is 6. The SMILES string of the molecule is O=C(NCC1CC1)[C@@H]1C[C@H]2CN(CCc3ccccc3)C[C@H]1O2. The molecule has 0 radical (unpaired) electrons. The summed E-state index contributed by atoms with van der Waals surface area (Å²) in [7, 11) is 0. The molecule has 2 aliphatic heterocycles. The fourth-order valence-corrected chi connectivity index (χ4v) is 3.83. The lowest BCUT2D eigenvalue weighted by atomic mass is 9.99. The second-order valence-electron chi connectivity index (χ2n) is 7.32. The lowest BCUT2D eigenvalue weighted by molar-refractivity contribution is -0.128. The van der Waals surface area contributed by atoms with Gasteiger partial charge in [-0.15, -0.1) is 0 Å². The van der Waals surface area contributed by atoms with E-state index in [-0.39, 0.29) is 24.0 Å². The molecular weight excluding hydrogens is 288 g/mol. The molecule has 2 heterocycles. The van der Waals surface area contributed by atoms with Crippen LogP contribution in [0, 0.1) is 11.8 Å². The Labute approximate surface area is 138 Å². The molecule has 0 spiro atoms. The second kappa shape index (κ2) is 6.62. The molecule has 4 heteroatoms. The van der Waals surface area contributed by atoms with E-state index < -0.39 is 0 Å². The smallest absolute Gasteiger partial charge is 0.225 e. The monoisotopic (exact) mass is 314 g/mol. The van der Waals surface area contributed by atoms with Crippen LogP contribution in [0.15, 0.2) is 30.3 Å². The third kappa shape index (κ3) is 3.75. The summed E-state index contributed by atoms with van der Waals surface area (Å²) in [5.74, 6) is 1.01. The first kappa shape index (κ1) is 15.2. The molecule has 4 nitrogen and oxygen atoms in total. The van der Waals surface area contributed by atoms with Crippen molar-refractivity contribution in [2.75, 3.05) is 26.2 Å². The van der Waals surface area contributed by atoms with Crippen molar-refractivity contribution < 1.29 is 9.53 Å². The van der Waals surface area contributed by atoms with Crippen molar-refractivity contribution in [3.63, 3.8) is 0 Å². The Morgan fingerprint density at radius 3 is 2.83 bits per heavy atom. The van der Waals surface area contributed by atoms with Crippen LogP contribution >= 0.6 is 0 Å². The fourth-order valence-electron chi connectivity index (χ4n) is 3.83. The van der Waals surface area contributed by atoms with Crippen LogP contribution in [0.5, 0.6) is 0 Å². The number of nitrogens with zero attached hydrogens (tertiary/aromatic N) is 1. The van der Waals surface area contributed by atoms with E-state index in [1.165, 1.54) is 18.4 Å². The van der Waals surface area contributed by atoms with Gasteiger partial charge in [0, 0.05) is 26.2 Å². The Balaban J connectivity index is 1.28. The maximum absolute atomic E-state index is 12.4. The van der Waals surface area contributed by atoms with Crippen LogP contribution in [0.2, 0.25) is 0 Å². The molecular formula is C19H26N2O2. The van der Waals surface area contributed by atoms with Gasteiger partial charge < -0.3 is 10.1 Å². The number of amides is 1. The summed E-state index contributed by atoms with van der Waals surface area (Å²) >= 11 is 0. The molecule has 124 valence electrons. The van der Waals surface area contributed by atoms with Crippen molar-refractivity contribution >= 4 is 5.91 Å². The molecule has 2 bridgehead atoms. The Morgan fingerprint density at radius 1 is 1.22 bits per heavy atom. The van der Waals surface area contributed by atoms with Crippen LogP contribution in [-0.2, 0) is 16.0 Å². The Bertz CT molecular complexity index is 544. The molecule has 4 rings (SSSR count). The summed E-state index contributed by atoms with van der Waals surface area (Å²) < 4.78 is 6.03. The fraction of sp³-hybridized carbons (Fsp3) is 0.632. The predicted molar refractivity (Wildman–Crippen MR) is 89.1 cm³/mol. The Hall–Kier alpha value is -1.39. The van der Waals surface area contributed by atoms with Crippen LogP contribution < -0.4 is 5.32 Å². The molecule has 1 N–H and O–H groups in total.